The molecule has 0 saturated carbocycles. The molecule has 0 aliphatic rings. The van der Waals surface area contributed by atoms with Crippen LogP contribution >= 0.6 is 31.9 Å². The first-order valence-electron chi connectivity index (χ1n) is 2.90. The zero-order chi connectivity index (χ0) is 7.72. The first-order chi connectivity index (χ1) is 4.63. The molecule has 0 aromatic carbocycles. The normalized spacial score (nSPS) is 10.0. The Bertz CT molecular complexity index is 231. The van der Waals surface area contributed by atoms with Crippen LogP contribution in [0.4, 0.5) is 0 Å². The number of rotatable bonds is 0. The van der Waals surface area contributed by atoms with Crippen molar-refractivity contribution in [1.29, 1.82) is 0 Å². The third kappa shape index (κ3) is 1.40. The van der Waals surface area contributed by atoms with E-state index in [1.165, 1.54) is 11.1 Å². The fraction of sp³-hybridized carbons (Fsp3) is 0.286. The highest BCUT2D eigenvalue weighted by molar-refractivity contribution is 9.11. The third-order valence-electron chi connectivity index (χ3n) is 1.52. The van der Waals surface area contributed by atoms with Crippen molar-refractivity contribution >= 4 is 31.9 Å². The largest absolute Gasteiger partial charge is 0.248 e. The maximum Gasteiger partial charge on any atom is 0.109 e. The highest BCUT2D eigenvalue weighted by Gasteiger charge is 2.01. The second kappa shape index (κ2) is 3.01. The van der Waals surface area contributed by atoms with E-state index in [0.717, 1.165) is 9.08 Å². The SMILES string of the molecule is Cc1c(Br)cnc(Br)c1C. The summed E-state index contributed by atoms with van der Waals surface area (Å²) >= 11 is 6.75. The average Bonchev–Trinajstić information content (AvgIpc) is 1.93. The number of hydrogen-bond donors (Lipinski definition) is 0. The zero-order valence-electron chi connectivity index (χ0n) is 5.78. The maximum atomic E-state index is 4.11. The average molecular weight is 265 g/mol. The van der Waals surface area contributed by atoms with Crippen LogP contribution < -0.4 is 0 Å². The summed E-state index contributed by atoms with van der Waals surface area (Å²) in [5, 5.41) is 0. The van der Waals surface area contributed by atoms with Crippen LogP contribution in [0.1, 0.15) is 11.1 Å². The molecule has 1 aromatic rings. The smallest absolute Gasteiger partial charge is 0.109 e. The fourth-order valence-electron chi connectivity index (χ4n) is 0.641. The minimum absolute atomic E-state index is 0.924. The van der Waals surface area contributed by atoms with Gasteiger partial charge in [0.2, 0.25) is 0 Å². The summed E-state index contributed by atoms with van der Waals surface area (Å²) in [5.41, 5.74) is 2.43. The van der Waals surface area contributed by atoms with Crippen LogP contribution in [0.2, 0.25) is 0 Å². The van der Waals surface area contributed by atoms with E-state index < -0.39 is 0 Å². The molecular formula is C7H7Br2N. The molecule has 0 fully saturated rings. The second-order valence-electron chi connectivity index (χ2n) is 2.15. The van der Waals surface area contributed by atoms with Crippen molar-refractivity contribution in [1.82, 2.24) is 4.98 Å². The van der Waals surface area contributed by atoms with Gasteiger partial charge in [-0.05, 0) is 56.8 Å². The van der Waals surface area contributed by atoms with Crippen LogP contribution in [0.3, 0.4) is 0 Å². The number of hydrogen-bond acceptors (Lipinski definition) is 1. The van der Waals surface area contributed by atoms with Crippen LogP contribution in [-0.4, -0.2) is 4.98 Å². The Morgan fingerprint density at radius 2 is 1.80 bits per heavy atom. The summed E-state index contributed by atoms with van der Waals surface area (Å²) < 4.78 is 1.99. The van der Waals surface area contributed by atoms with Gasteiger partial charge in [-0.1, -0.05) is 0 Å². The summed E-state index contributed by atoms with van der Waals surface area (Å²) in [4.78, 5) is 4.11. The molecule has 0 unspecified atom stereocenters. The van der Waals surface area contributed by atoms with Gasteiger partial charge in [0.1, 0.15) is 4.60 Å². The van der Waals surface area contributed by atoms with Crippen molar-refractivity contribution in [2.75, 3.05) is 0 Å². The number of aromatic nitrogens is 1. The highest BCUT2D eigenvalue weighted by atomic mass is 79.9. The van der Waals surface area contributed by atoms with Crippen LogP contribution in [-0.2, 0) is 0 Å². The molecule has 1 aromatic heterocycles. The van der Waals surface area contributed by atoms with Gasteiger partial charge in [0.25, 0.3) is 0 Å². The molecule has 0 bridgehead atoms. The zero-order valence-corrected chi connectivity index (χ0v) is 8.95. The summed E-state index contributed by atoms with van der Waals surface area (Å²) in [6.45, 7) is 4.10. The molecule has 0 saturated heterocycles. The Morgan fingerprint density at radius 1 is 1.20 bits per heavy atom. The van der Waals surface area contributed by atoms with Crippen LogP contribution in [0.25, 0.3) is 0 Å². The topological polar surface area (TPSA) is 12.9 Å². The number of halogens is 2. The molecule has 0 spiro atoms. The monoisotopic (exact) mass is 263 g/mol. The summed E-state index contributed by atoms with van der Waals surface area (Å²) in [7, 11) is 0. The Kier molecular flexibility index (Phi) is 2.47. The first-order valence-corrected chi connectivity index (χ1v) is 4.48. The fourth-order valence-corrected chi connectivity index (χ4v) is 1.44. The number of nitrogens with zero attached hydrogens (tertiary/aromatic N) is 1. The van der Waals surface area contributed by atoms with Gasteiger partial charge in [-0.3, -0.25) is 0 Å². The van der Waals surface area contributed by atoms with Gasteiger partial charge in [0.05, 0.1) is 0 Å². The molecule has 1 heterocycles. The summed E-state index contributed by atoms with van der Waals surface area (Å²) in [6, 6.07) is 0. The molecule has 0 amide bonds. The van der Waals surface area contributed by atoms with Crippen LogP contribution in [0.15, 0.2) is 15.3 Å². The lowest BCUT2D eigenvalue weighted by atomic mass is 10.2. The molecule has 10 heavy (non-hydrogen) atoms. The van der Waals surface area contributed by atoms with Gasteiger partial charge < -0.3 is 0 Å². The molecule has 0 atom stereocenters. The Hall–Kier alpha value is 0.110. The van der Waals surface area contributed by atoms with Crippen molar-refractivity contribution in [3.05, 3.63) is 26.4 Å². The highest BCUT2D eigenvalue weighted by Crippen LogP contribution is 2.22. The van der Waals surface area contributed by atoms with Crippen molar-refractivity contribution in [2.45, 2.75) is 13.8 Å². The Morgan fingerprint density at radius 3 is 2.30 bits per heavy atom. The van der Waals surface area contributed by atoms with Crippen molar-refractivity contribution in [3.63, 3.8) is 0 Å². The van der Waals surface area contributed by atoms with E-state index in [2.05, 4.69) is 43.8 Å². The van der Waals surface area contributed by atoms with Crippen LogP contribution in [0.5, 0.6) is 0 Å². The molecule has 0 aliphatic heterocycles. The van der Waals surface area contributed by atoms with Crippen LogP contribution in [0, 0.1) is 13.8 Å². The molecule has 0 N–H and O–H groups in total. The predicted octanol–water partition coefficient (Wildman–Crippen LogP) is 3.22. The first kappa shape index (κ1) is 8.21. The second-order valence-corrected chi connectivity index (χ2v) is 3.75. The molecule has 1 nitrogen and oxygen atoms in total. The van der Waals surface area contributed by atoms with E-state index in [1.54, 1.807) is 6.20 Å². The van der Waals surface area contributed by atoms with Gasteiger partial charge >= 0.3 is 0 Å². The summed E-state index contributed by atoms with van der Waals surface area (Å²) in [5.74, 6) is 0. The quantitative estimate of drug-likeness (QED) is 0.656. The predicted molar refractivity (Wildman–Crippen MR) is 49.1 cm³/mol. The van der Waals surface area contributed by atoms with Gasteiger partial charge in [0.15, 0.2) is 0 Å². The Labute approximate surface area is 77.1 Å². The van der Waals surface area contributed by atoms with E-state index in [0.29, 0.717) is 0 Å². The lowest BCUT2D eigenvalue weighted by molar-refractivity contribution is 1.16. The maximum absolute atomic E-state index is 4.11. The molecule has 1 rings (SSSR count). The Balaban J connectivity index is 3.34. The summed E-state index contributed by atoms with van der Waals surface area (Å²) in [6.07, 6.45) is 1.80. The third-order valence-corrected chi connectivity index (χ3v) is 3.12. The van der Waals surface area contributed by atoms with E-state index in [1.807, 2.05) is 6.92 Å². The van der Waals surface area contributed by atoms with Gasteiger partial charge in [0, 0.05) is 10.7 Å². The minimum Gasteiger partial charge on any atom is -0.248 e. The van der Waals surface area contributed by atoms with E-state index >= 15 is 0 Å². The molecule has 54 valence electrons. The number of pyridine rings is 1. The van der Waals surface area contributed by atoms with E-state index in [4.69, 9.17) is 0 Å². The van der Waals surface area contributed by atoms with E-state index in [-0.39, 0.29) is 0 Å². The molecule has 0 aliphatic carbocycles. The van der Waals surface area contributed by atoms with Gasteiger partial charge in [-0.25, -0.2) is 4.98 Å². The van der Waals surface area contributed by atoms with Crippen molar-refractivity contribution < 1.29 is 0 Å². The standard InChI is InChI=1S/C7H7Br2N/c1-4-5(2)7(9)10-3-6(4)8/h3H,1-2H3. The van der Waals surface area contributed by atoms with Gasteiger partial charge in [-0.2, -0.15) is 0 Å². The molecule has 0 radical (unpaired) electrons. The molecular weight excluding hydrogens is 258 g/mol. The van der Waals surface area contributed by atoms with Crippen molar-refractivity contribution in [2.24, 2.45) is 0 Å². The van der Waals surface area contributed by atoms with E-state index in [9.17, 15) is 0 Å². The lowest BCUT2D eigenvalue weighted by Crippen LogP contribution is -1.87. The lowest BCUT2D eigenvalue weighted by Gasteiger charge is -2.02. The molecule has 3 heteroatoms. The van der Waals surface area contributed by atoms with Gasteiger partial charge in [-0.15, -0.1) is 0 Å². The minimum atomic E-state index is 0.924. The van der Waals surface area contributed by atoms with Crippen molar-refractivity contribution in [3.8, 4) is 0 Å².